The molecule has 10 heteroatoms. The van der Waals surface area contributed by atoms with Gasteiger partial charge in [0.25, 0.3) is 0 Å². The van der Waals surface area contributed by atoms with Crippen molar-refractivity contribution in [1.29, 1.82) is 0 Å². The fourth-order valence-corrected chi connectivity index (χ4v) is 9.88. The van der Waals surface area contributed by atoms with Crippen molar-refractivity contribution in [2.45, 2.75) is 108 Å². The second kappa shape index (κ2) is 22.8. The molecule has 7 nitrogen and oxygen atoms in total. The predicted molar refractivity (Wildman–Crippen MR) is 230 cm³/mol. The molecular formula is C47H61LiN2O5S2. The van der Waals surface area contributed by atoms with E-state index in [1.165, 1.54) is 17.6 Å². The third-order valence-corrected chi connectivity index (χ3v) is 14.0. The van der Waals surface area contributed by atoms with Crippen molar-refractivity contribution in [2.24, 2.45) is 5.41 Å². The maximum absolute atomic E-state index is 13.2. The van der Waals surface area contributed by atoms with Crippen molar-refractivity contribution in [3.05, 3.63) is 162 Å². The molecule has 0 fully saturated rings. The summed E-state index contributed by atoms with van der Waals surface area (Å²) >= 11 is 0. The Balaban J connectivity index is 0.000000275. The molecule has 2 aliphatic rings. The van der Waals surface area contributed by atoms with Crippen molar-refractivity contribution in [2.75, 3.05) is 13.2 Å². The van der Waals surface area contributed by atoms with E-state index in [9.17, 15) is 21.9 Å². The van der Waals surface area contributed by atoms with E-state index in [1.54, 1.807) is 40.7 Å². The summed E-state index contributed by atoms with van der Waals surface area (Å²) in [6.07, 6.45) is 12.3. The minimum atomic E-state index is -3.70. The van der Waals surface area contributed by atoms with E-state index in [0.29, 0.717) is 24.4 Å². The molecule has 4 aromatic carbocycles. The third kappa shape index (κ3) is 12.9. The molecule has 0 radical (unpaired) electrons. The van der Waals surface area contributed by atoms with Gasteiger partial charge in [-0.25, -0.2) is 21.6 Å². The number of aliphatic hydroxyl groups is 1. The predicted octanol–water partition coefficient (Wildman–Crippen LogP) is 7.00. The molecule has 1 aliphatic carbocycles. The van der Waals surface area contributed by atoms with Crippen LogP contribution in [0.5, 0.6) is 0 Å². The Kier molecular flexibility index (Phi) is 19.2. The summed E-state index contributed by atoms with van der Waals surface area (Å²) in [5, 5.41) is 9.60. The van der Waals surface area contributed by atoms with Crippen LogP contribution in [-0.4, -0.2) is 39.4 Å². The number of nitrogens with one attached hydrogen (secondary N) is 1. The Bertz CT molecular complexity index is 2120. The quantitative estimate of drug-likeness (QED) is 0.0967. The standard InChI is InChI=1S/C22H27NO2S.C21H25NO3S.C4H9.Li/c1-3-6-19-11-12-20-7-4-5-8-21(20)17-23(16-15-19)26(24,25)22-13-9-18(2)10-14-22;1-3-21(14-15-23)13-12-17-6-4-5-7-19(17)20(21)22-26(24,25)18-10-8-16(2)9-11-18;1-3-4-2;/h4-5,7-10,13-15H,3,6,11-12,16-17H2,1-2H3;3-11,20,22-23H,1,12-15H2,2H3;1,3-4H2,2H3;/q;;-1;+1/b19-15+;;;/t;20-,21+;;/m.1../s1. The van der Waals surface area contributed by atoms with Crippen molar-refractivity contribution >= 4 is 20.0 Å². The van der Waals surface area contributed by atoms with Crippen molar-refractivity contribution in [3.8, 4) is 0 Å². The van der Waals surface area contributed by atoms with E-state index >= 15 is 0 Å². The minimum absolute atomic E-state index is 0. The van der Waals surface area contributed by atoms with Crippen molar-refractivity contribution < 1.29 is 40.8 Å². The summed E-state index contributed by atoms with van der Waals surface area (Å²) in [6, 6.07) is 29.6. The molecule has 57 heavy (non-hydrogen) atoms. The van der Waals surface area contributed by atoms with Crippen LogP contribution in [0.1, 0.15) is 98.2 Å². The van der Waals surface area contributed by atoms with Gasteiger partial charge in [0.1, 0.15) is 0 Å². The molecule has 6 rings (SSSR count). The molecule has 1 heterocycles. The van der Waals surface area contributed by atoms with E-state index in [-0.39, 0.29) is 30.4 Å². The van der Waals surface area contributed by atoms with Crippen LogP contribution in [0.25, 0.3) is 0 Å². The van der Waals surface area contributed by atoms with Gasteiger partial charge in [0.2, 0.25) is 20.0 Å². The first-order chi connectivity index (χ1) is 26.8. The van der Waals surface area contributed by atoms with Gasteiger partial charge in [-0.2, -0.15) is 10.7 Å². The number of benzene rings is 4. The first kappa shape index (κ1) is 48.1. The van der Waals surface area contributed by atoms with Crippen LogP contribution < -0.4 is 23.6 Å². The zero-order chi connectivity index (χ0) is 40.8. The van der Waals surface area contributed by atoms with Gasteiger partial charge in [-0.15, -0.1) is 6.58 Å². The Morgan fingerprint density at radius 3 is 1.93 bits per heavy atom. The fourth-order valence-electron chi connectivity index (χ4n) is 7.21. The van der Waals surface area contributed by atoms with Crippen LogP contribution >= 0.6 is 0 Å². The van der Waals surface area contributed by atoms with Crippen LogP contribution in [0.3, 0.4) is 0 Å². The molecule has 2 N–H and O–H groups in total. The van der Waals surface area contributed by atoms with Gasteiger partial charge in [0.15, 0.2) is 0 Å². The maximum Gasteiger partial charge on any atom is 1.00 e. The van der Waals surface area contributed by atoms with Gasteiger partial charge < -0.3 is 12.0 Å². The summed E-state index contributed by atoms with van der Waals surface area (Å²) in [7, 11) is -7.23. The van der Waals surface area contributed by atoms with E-state index in [2.05, 4.69) is 50.3 Å². The Morgan fingerprint density at radius 1 is 0.807 bits per heavy atom. The number of aliphatic hydroxyl groups excluding tert-OH is 1. The molecule has 0 saturated heterocycles. The van der Waals surface area contributed by atoms with Crippen LogP contribution in [0.15, 0.2) is 131 Å². The van der Waals surface area contributed by atoms with Gasteiger partial charge in [0, 0.05) is 25.1 Å². The zero-order valence-electron chi connectivity index (χ0n) is 34.7. The first-order valence-electron chi connectivity index (χ1n) is 19.9. The zero-order valence-corrected chi connectivity index (χ0v) is 36.3. The van der Waals surface area contributed by atoms with Crippen LogP contribution in [0.4, 0.5) is 0 Å². The van der Waals surface area contributed by atoms with Gasteiger partial charge in [-0.3, -0.25) is 0 Å². The third-order valence-electron chi connectivity index (χ3n) is 10.7. The summed E-state index contributed by atoms with van der Waals surface area (Å²) in [6.45, 7) is 16.6. The fraction of sp³-hybridized carbons (Fsp3) is 0.383. The summed E-state index contributed by atoms with van der Waals surface area (Å²) in [5.41, 5.74) is 7.36. The number of fused-ring (bicyclic) bond motifs is 2. The topological polar surface area (TPSA) is 104 Å². The number of unbranched alkanes of at least 4 members (excludes halogenated alkanes) is 1. The average molecular weight is 805 g/mol. The number of hydrogen-bond acceptors (Lipinski definition) is 5. The monoisotopic (exact) mass is 804 g/mol. The Morgan fingerprint density at radius 2 is 1.37 bits per heavy atom. The SMILES string of the molecule is C=C[C@@]1(CCO)CCc2ccccc2[C@H]1NS(=O)(=O)c1ccc(C)cc1.CCC/C1=C\CN(S(=O)(=O)c2ccc(C)cc2)Cc2ccccc2CC1.[CH2-]CCC.[Li+]. The molecule has 0 aromatic heterocycles. The number of rotatable bonds is 11. The van der Waals surface area contributed by atoms with Gasteiger partial charge in [0.05, 0.1) is 15.8 Å². The number of allylic oxidation sites excluding steroid dienone is 1. The number of sulfonamides is 2. The number of nitrogens with zero attached hydrogens (tertiary/aromatic N) is 1. The van der Waals surface area contributed by atoms with Crippen molar-refractivity contribution in [3.63, 3.8) is 0 Å². The van der Waals surface area contributed by atoms with Gasteiger partial charge >= 0.3 is 18.9 Å². The maximum atomic E-state index is 13.2. The summed E-state index contributed by atoms with van der Waals surface area (Å²) < 4.78 is 57.0. The molecule has 0 saturated carbocycles. The first-order valence-corrected chi connectivity index (χ1v) is 22.8. The van der Waals surface area contributed by atoms with Gasteiger partial charge in [-0.05, 0) is 98.9 Å². The minimum Gasteiger partial charge on any atom is -0.396 e. The van der Waals surface area contributed by atoms with E-state index in [1.807, 2.05) is 68.5 Å². The molecule has 4 aromatic rings. The van der Waals surface area contributed by atoms with E-state index < -0.39 is 31.5 Å². The molecule has 0 unspecified atom stereocenters. The Labute approximate surface area is 356 Å². The smallest absolute Gasteiger partial charge is 0.396 e. The van der Waals surface area contributed by atoms with Crippen LogP contribution in [0.2, 0.25) is 0 Å². The molecular weight excluding hydrogens is 744 g/mol. The molecule has 0 spiro atoms. The summed E-state index contributed by atoms with van der Waals surface area (Å²) in [4.78, 5) is 0.610. The molecule has 302 valence electrons. The van der Waals surface area contributed by atoms with E-state index in [0.717, 1.165) is 72.8 Å². The van der Waals surface area contributed by atoms with Crippen LogP contribution in [-0.2, 0) is 39.4 Å². The van der Waals surface area contributed by atoms with Gasteiger partial charge in [-0.1, -0.05) is 128 Å². The molecule has 2 atom stereocenters. The number of aryl methyl sites for hydroxylation is 4. The molecule has 0 amide bonds. The van der Waals surface area contributed by atoms with Crippen molar-refractivity contribution in [1.82, 2.24) is 9.03 Å². The second-order valence-electron chi connectivity index (χ2n) is 14.8. The van der Waals surface area contributed by atoms with Crippen LogP contribution in [0, 0.1) is 26.2 Å². The van der Waals surface area contributed by atoms with E-state index in [4.69, 9.17) is 0 Å². The largest absolute Gasteiger partial charge is 1.00 e. The molecule has 1 aliphatic heterocycles. The number of hydrogen-bond donors (Lipinski definition) is 2. The summed E-state index contributed by atoms with van der Waals surface area (Å²) in [5.74, 6) is 0. The normalized spacial score (nSPS) is 19.1. The second-order valence-corrected chi connectivity index (χ2v) is 18.5. The molecule has 0 bridgehead atoms. The Hall–Kier alpha value is -3.26. The average Bonchev–Trinajstić information content (AvgIpc) is 3.29.